The second-order valence-electron chi connectivity index (χ2n) is 8.97. The van der Waals surface area contributed by atoms with Crippen molar-refractivity contribution >= 4 is 17.4 Å². The van der Waals surface area contributed by atoms with Crippen LogP contribution in [0.2, 0.25) is 0 Å². The average molecular weight is 483 g/mol. The standard InChI is InChI=1S/C25H28F2N6O2/c1-4-7-18(27)23(16(3)26)25(35)32-9-6-5-8-20(32)19-10-22-29-24(15(2)12-33(22)30-19)31-13-17(11-28)21(34)14-31/h4,7,10,12,17,20-21,34H,3,5-6,8-9,13-14H2,1-2H3/b7-4-,23-18-/t17-,20+,21+/m1/s1. The molecule has 35 heavy (non-hydrogen) atoms. The van der Waals surface area contributed by atoms with Crippen molar-refractivity contribution < 1.29 is 18.7 Å². The summed E-state index contributed by atoms with van der Waals surface area (Å²) >= 11 is 0. The number of halogens is 2. The van der Waals surface area contributed by atoms with Gasteiger partial charge in [-0.15, -0.1) is 0 Å². The maximum atomic E-state index is 14.5. The Labute approximate surface area is 202 Å². The molecule has 0 saturated carbocycles. The number of nitrogens with zero attached hydrogens (tertiary/aromatic N) is 6. The summed E-state index contributed by atoms with van der Waals surface area (Å²) in [6.45, 7) is 7.66. The molecule has 4 rings (SSSR count). The molecule has 1 N–H and O–H groups in total. The number of nitriles is 1. The smallest absolute Gasteiger partial charge is 0.260 e. The van der Waals surface area contributed by atoms with Gasteiger partial charge in [-0.3, -0.25) is 4.79 Å². The fourth-order valence-electron chi connectivity index (χ4n) is 4.79. The Morgan fingerprint density at radius 3 is 2.77 bits per heavy atom. The van der Waals surface area contributed by atoms with Gasteiger partial charge in [0.1, 0.15) is 23.0 Å². The van der Waals surface area contributed by atoms with Crippen molar-refractivity contribution in [1.29, 1.82) is 5.26 Å². The molecule has 2 fully saturated rings. The second kappa shape index (κ2) is 9.96. The van der Waals surface area contributed by atoms with Crippen molar-refractivity contribution in [3.05, 3.63) is 59.5 Å². The van der Waals surface area contributed by atoms with E-state index < -0.39 is 41.2 Å². The van der Waals surface area contributed by atoms with Gasteiger partial charge in [0.05, 0.1) is 29.8 Å². The Morgan fingerprint density at radius 2 is 2.11 bits per heavy atom. The minimum absolute atomic E-state index is 0.314. The number of hydrogen-bond acceptors (Lipinski definition) is 6. The van der Waals surface area contributed by atoms with Crippen molar-refractivity contribution in [2.24, 2.45) is 5.92 Å². The first kappa shape index (κ1) is 24.5. The number of carbonyl (C=O) groups is 1. The van der Waals surface area contributed by atoms with Crippen LogP contribution >= 0.6 is 0 Å². The van der Waals surface area contributed by atoms with Gasteiger partial charge in [0.15, 0.2) is 5.65 Å². The summed E-state index contributed by atoms with van der Waals surface area (Å²) in [5.41, 5.74) is 1.27. The number of aliphatic hydroxyl groups excluding tert-OH is 1. The number of carbonyl (C=O) groups excluding carboxylic acids is 1. The quantitative estimate of drug-likeness (QED) is 0.516. The average Bonchev–Trinajstić information content (AvgIpc) is 3.40. The Kier molecular flexibility index (Phi) is 6.98. The zero-order chi connectivity index (χ0) is 25.3. The molecule has 2 saturated heterocycles. The molecule has 8 nitrogen and oxygen atoms in total. The van der Waals surface area contributed by atoms with Crippen LogP contribution in [-0.2, 0) is 4.79 Å². The minimum Gasteiger partial charge on any atom is -0.390 e. The lowest BCUT2D eigenvalue weighted by Crippen LogP contribution is -2.39. The summed E-state index contributed by atoms with van der Waals surface area (Å²) < 4.78 is 30.2. The molecule has 0 unspecified atom stereocenters. The van der Waals surface area contributed by atoms with Crippen LogP contribution in [0.25, 0.3) is 5.65 Å². The number of β-amino-alcohol motifs (C(OH)–C–C–N with tert-alkyl or cyclic N) is 1. The number of hydrogen-bond donors (Lipinski definition) is 1. The number of aryl methyl sites for hydroxylation is 1. The molecule has 10 heteroatoms. The van der Waals surface area contributed by atoms with E-state index in [1.807, 2.05) is 18.0 Å². The van der Waals surface area contributed by atoms with Gasteiger partial charge in [0.25, 0.3) is 5.91 Å². The molecule has 2 aliphatic heterocycles. The molecule has 0 aliphatic carbocycles. The summed E-state index contributed by atoms with van der Waals surface area (Å²) in [6.07, 6.45) is 5.66. The molecular formula is C25H28F2N6O2. The van der Waals surface area contributed by atoms with E-state index >= 15 is 0 Å². The minimum atomic E-state index is -1.12. The van der Waals surface area contributed by atoms with E-state index in [1.54, 1.807) is 17.5 Å². The summed E-state index contributed by atoms with van der Waals surface area (Å²) in [6, 6.07) is 3.42. The maximum absolute atomic E-state index is 14.5. The monoisotopic (exact) mass is 482 g/mol. The second-order valence-corrected chi connectivity index (χ2v) is 8.97. The third-order valence-electron chi connectivity index (χ3n) is 6.52. The van der Waals surface area contributed by atoms with Crippen LogP contribution in [0.1, 0.15) is 43.5 Å². The van der Waals surface area contributed by atoms with Gasteiger partial charge >= 0.3 is 0 Å². The van der Waals surface area contributed by atoms with Gasteiger partial charge in [-0.05, 0) is 39.2 Å². The Balaban J connectivity index is 1.68. The molecular weight excluding hydrogens is 454 g/mol. The highest BCUT2D eigenvalue weighted by atomic mass is 19.1. The Bertz CT molecular complexity index is 1260. The van der Waals surface area contributed by atoms with E-state index in [4.69, 9.17) is 4.98 Å². The molecule has 0 aromatic carbocycles. The van der Waals surface area contributed by atoms with Gasteiger partial charge in [0, 0.05) is 37.5 Å². The molecule has 0 spiro atoms. The van der Waals surface area contributed by atoms with Gasteiger partial charge in [0.2, 0.25) is 0 Å². The third kappa shape index (κ3) is 4.68. The van der Waals surface area contributed by atoms with Crippen LogP contribution in [0.5, 0.6) is 0 Å². The van der Waals surface area contributed by atoms with Crippen LogP contribution in [0.15, 0.2) is 48.2 Å². The highest BCUT2D eigenvalue weighted by Gasteiger charge is 2.35. The zero-order valence-corrected chi connectivity index (χ0v) is 19.8. The Morgan fingerprint density at radius 1 is 1.34 bits per heavy atom. The number of aromatic nitrogens is 3. The summed E-state index contributed by atoms with van der Waals surface area (Å²) in [5, 5.41) is 24.0. The van der Waals surface area contributed by atoms with Crippen molar-refractivity contribution in [2.75, 3.05) is 24.5 Å². The van der Waals surface area contributed by atoms with E-state index in [9.17, 15) is 23.9 Å². The first-order valence-corrected chi connectivity index (χ1v) is 11.6. The fourth-order valence-corrected chi connectivity index (χ4v) is 4.79. The highest BCUT2D eigenvalue weighted by molar-refractivity contribution is 5.98. The SMILES string of the molecule is C=C(F)/C(C(=O)N1CCCC[C@H]1c1cc2nc(N3C[C@@H](C#N)[C@@H](O)C3)c(C)cn2n1)=C(F)\C=C/C. The van der Waals surface area contributed by atoms with Crippen molar-refractivity contribution in [3.8, 4) is 6.07 Å². The number of aliphatic hydroxyl groups is 1. The number of fused-ring (bicyclic) bond motifs is 1. The normalized spacial score (nSPS) is 23.6. The lowest BCUT2D eigenvalue weighted by atomic mass is 9.98. The predicted molar refractivity (Wildman–Crippen MR) is 127 cm³/mol. The lowest BCUT2D eigenvalue weighted by Gasteiger charge is -2.35. The largest absolute Gasteiger partial charge is 0.390 e. The van der Waals surface area contributed by atoms with Gasteiger partial charge in [-0.1, -0.05) is 12.7 Å². The molecule has 3 atom stereocenters. The van der Waals surface area contributed by atoms with E-state index in [0.717, 1.165) is 18.1 Å². The van der Waals surface area contributed by atoms with E-state index in [-0.39, 0.29) is 0 Å². The highest BCUT2D eigenvalue weighted by Crippen LogP contribution is 2.34. The molecule has 2 aliphatic rings. The number of amides is 1. The molecule has 4 heterocycles. The van der Waals surface area contributed by atoms with Crippen LogP contribution in [0, 0.1) is 24.2 Å². The molecule has 2 aromatic heterocycles. The first-order chi connectivity index (χ1) is 16.7. The number of allylic oxidation sites excluding steroid dienone is 3. The van der Waals surface area contributed by atoms with E-state index in [0.29, 0.717) is 49.6 Å². The Hall–Kier alpha value is -3.58. The number of piperidine rings is 1. The maximum Gasteiger partial charge on any atom is 0.260 e. The van der Waals surface area contributed by atoms with Gasteiger partial charge in [-0.25, -0.2) is 18.3 Å². The molecule has 0 bridgehead atoms. The topological polar surface area (TPSA) is 97.8 Å². The number of likely N-dealkylation sites (tertiary alicyclic amines) is 1. The number of anilines is 1. The summed E-state index contributed by atoms with van der Waals surface area (Å²) in [7, 11) is 0. The molecule has 184 valence electrons. The molecule has 0 radical (unpaired) electrons. The lowest BCUT2D eigenvalue weighted by molar-refractivity contribution is -0.131. The van der Waals surface area contributed by atoms with E-state index in [2.05, 4.69) is 17.7 Å². The van der Waals surface area contributed by atoms with Gasteiger partial charge < -0.3 is 14.9 Å². The van der Waals surface area contributed by atoms with Crippen molar-refractivity contribution in [2.45, 2.75) is 45.3 Å². The van der Waals surface area contributed by atoms with Crippen molar-refractivity contribution in [1.82, 2.24) is 19.5 Å². The summed E-state index contributed by atoms with van der Waals surface area (Å²) in [5.74, 6) is -2.66. The molecule has 1 amide bonds. The first-order valence-electron chi connectivity index (χ1n) is 11.6. The fraction of sp³-hybridized carbons (Fsp3) is 0.440. The van der Waals surface area contributed by atoms with Gasteiger partial charge in [-0.2, -0.15) is 10.4 Å². The predicted octanol–water partition coefficient (Wildman–Crippen LogP) is 3.69. The third-order valence-corrected chi connectivity index (χ3v) is 6.52. The van der Waals surface area contributed by atoms with Crippen LogP contribution in [-0.4, -0.2) is 56.2 Å². The van der Waals surface area contributed by atoms with Crippen molar-refractivity contribution in [3.63, 3.8) is 0 Å². The molecule has 2 aromatic rings. The number of rotatable bonds is 5. The van der Waals surface area contributed by atoms with Crippen LogP contribution in [0.4, 0.5) is 14.6 Å². The van der Waals surface area contributed by atoms with Crippen LogP contribution < -0.4 is 4.90 Å². The van der Waals surface area contributed by atoms with E-state index in [1.165, 1.54) is 11.0 Å². The van der Waals surface area contributed by atoms with Crippen LogP contribution in [0.3, 0.4) is 0 Å². The summed E-state index contributed by atoms with van der Waals surface area (Å²) in [4.78, 5) is 21.3. The zero-order valence-electron chi connectivity index (χ0n) is 19.8.